The van der Waals surface area contributed by atoms with Crippen molar-refractivity contribution in [2.24, 2.45) is 5.92 Å². The minimum Gasteiger partial charge on any atom is -0.468 e. The van der Waals surface area contributed by atoms with Gasteiger partial charge in [-0.1, -0.05) is 27.2 Å². The van der Waals surface area contributed by atoms with Crippen molar-refractivity contribution in [1.29, 1.82) is 0 Å². The van der Waals surface area contributed by atoms with Crippen molar-refractivity contribution in [2.45, 2.75) is 59.2 Å². The van der Waals surface area contributed by atoms with Crippen LogP contribution in [0, 0.1) is 5.92 Å². The Morgan fingerprint density at radius 3 is 2.74 bits per heavy atom. The molecule has 3 nitrogen and oxygen atoms in total. The van der Waals surface area contributed by atoms with Gasteiger partial charge < -0.3 is 9.73 Å². The van der Waals surface area contributed by atoms with Crippen LogP contribution < -0.4 is 5.32 Å². The zero-order valence-corrected chi connectivity index (χ0v) is 12.6. The number of piperidine rings is 1. The quantitative estimate of drug-likeness (QED) is 0.853. The van der Waals surface area contributed by atoms with Crippen molar-refractivity contribution in [2.75, 3.05) is 13.1 Å². The third-order valence-corrected chi connectivity index (χ3v) is 4.19. The second-order valence-electron chi connectivity index (χ2n) is 6.03. The maximum absolute atomic E-state index is 5.61. The van der Waals surface area contributed by atoms with E-state index in [0.717, 1.165) is 24.8 Å². The highest BCUT2D eigenvalue weighted by molar-refractivity contribution is 5.17. The zero-order chi connectivity index (χ0) is 13.7. The molecule has 2 rings (SSSR count). The fourth-order valence-corrected chi connectivity index (χ4v) is 2.75. The number of nitrogens with zero attached hydrogens (tertiary/aromatic N) is 1. The Morgan fingerprint density at radius 2 is 2.11 bits per heavy atom. The van der Waals surface area contributed by atoms with E-state index in [4.69, 9.17) is 4.42 Å². The van der Waals surface area contributed by atoms with Crippen molar-refractivity contribution in [1.82, 2.24) is 10.2 Å². The summed E-state index contributed by atoms with van der Waals surface area (Å²) in [4.78, 5) is 2.57. The van der Waals surface area contributed by atoms with E-state index in [2.05, 4.69) is 37.1 Å². The van der Waals surface area contributed by atoms with E-state index in [0.29, 0.717) is 6.04 Å². The SMILES string of the molecule is CCC1CCN(Cc2ccoc2CNC(C)C)CC1. The molecule has 0 atom stereocenters. The lowest BCUT2D eigenvalue weighted by atomic mass is 9.94. The highest BCUT2D eigenvalue weighted by Gasteiger charge is 2.19. The zero-order valence-electron chi connectivity index (χ0n) is 12.6. The van der Waals surface area contributed by atoms with Crippen molar-refractivity contribution < 1.29 is 4.42 Å². The second-order valence-corrected chi connectivity index (χ2v) is 6.03. The van der Waals surface area contributed by atoms with Crippen molar-refractivity contribution in [3.8, 4) is 0 Å². The minimum absolute atomic E-state index is 0.498. The number of likely N-dealkylation sites (tertiary alicyclic amines) is 1. The molecule has 1 saturated heterocycles. The van der Waals surface area contributed by atoms with Crippen LogP contribution in [0.5, 0.6) is 0 Å². The van der Waals surface area contributed by atoms with Crippen LogP contribution in [0.2, 0.25) is 0 Å². The summed E-state index contributed by atoms with van der Waals surface area (Å²) in [6.07, 6.45) is 5.87. The Bertz CT molecular complexity index is 365. The van der Waals surface area contributed by atoms with Gasteiger partial charge in [-0.15, -0.1) is 0 Å². The molecule has 1 aromatic heterocycles. The van der Waals surface area contributed by atoms with Crippen LogP contribution in [-0.4, -0.2) is 24.0 Å². The van der Waals surface area contributed by atoms with Crippen LogP contribution in [-0.2, 0) is 13.1 Å². The maximum Gasteiger partial charge on any atom is 0.122 e. The molecule has 0 saturated carbocycles. The molecule has 0 bridgehead atoms. The van der Waals surface area contributed by atoms with E-state index in [9.17, 15) is 0 Å². The van der Waals surface area contributed by atoms with Gasteiger partial charge in [0.2, 0.25) is 0 Å². The summed E-state index contributed by atoms with van der Waals surface area (Å²) in [5, 5.41) is 3.43. The average Bonchev–Trinajstić information content (AvgIpc) is 2.84. The number of hydrogen-bond donors (Lipinski definition) is 1. The molecule has 0 aliphatic carbocycles. The number of furan rings is 1. The van der Waals surface area contributed by atoms with Gasteiger partial charge in [-0.2, -0.15) is 0 Å². The molecular formula is C16H28N2O. The largest absolute Gasteiger partial charge is 0.468 e. The minimum atomic E-state index is 0.498. The predicted molar refractivity (Wildman–Crippen MR) is 79.0 cm³/mol. The van der Waals surface area contributed by atoms with Crippen molar-refractivity contribution in [3.63, 3.8) is 0 Å². The second kappa shape index (κ2) is 7.11. The molecule has 108 valence electrons. The van der Waals surface area contributed by atoms with E-state index in [1.165, 1.54) is 37.9 Å². The molecule has 1 fully saturated rings. The molecule has 2 heterocycles. The first-order valence-electron chi connectivity index (χ1n) is 7.70. The molecule has 1 aliphatic rings. The van der Waals surface area contributed by atoms with Gasteiger partial charge in [-0.3, -0.25) is 4.90 Å². The fourth-order valence-electron chi connectivity index (χ4n) is 2.75. The van der Waals surface area contributed by atoms with Gasteiger partial charge in [0, 0.05) is 18.2 Å². The fraction of sp³-hybridized carbons (Fsp3) is 0.750. The lowest BCUT2D eigenvalue weighted by Gasteiger charge is -2.31. The number of hydrogen-bond acceptors (Lipinski definition) is 3. The molecule has 19 heavy (non-hydrogen) atoms. The van der Waals surface area contributed by atoms with E-state index < -0.39 is 0 Å². The monoisotopic (exact) mass is 264 g/mol. The maximum atomic E-state index is 5.61. The Kier molecular flexibility index (Phi) is 5.46. The molecule has 0 amide bonds. The van der Waals surface area contributed by atoms with Crippen molar-refractivity contribution in [3.05, 3.63) is 23.7 Å². The summed E-state index contributed by atoms with van der Waals surface area (Å²) >= 11 is 0. The molecular weight excluding hydrogens is 236 g/mol. The van der Waals surface area contributed by atoms with Crippen molar-refractivity contribution >= 4 is 0 Å². The average molecular weight is 264 g/mol. The predicted octanol–water partition coefficient (Wildman–Crippen LogP) is 3.40. The van der Waals surface area contributed by atoms with Gasteiger partial charge >= 0.3 is 0 Å². The van der Waals surface area contributed by atoms with Crippen LogP contribution in [0.1, 0.15) is 51.4 Å². The van der Waals surface area contributed by atoms with Gasteiger partial charge in [0.25, 0.3) is 0 Å². The summed E-state index contributed by atoms with van der Waals surface area (Å²) in [5.74, 6) is 2.05. The third-order valence-electron chi connectivity index (χ3n) is 4.19. The van der Waals surface area contributed by atoms with Gasteiger partial charge in [0.05, 0.1) is 12.8 Å². The standard InChI is InChI=1S/C16H28N2O/c1-4-14-5-8-18(9-6-14)12-15-7-10-19-16(15)11-17-13(2)3/h7,10,13-14,17H,4-6,8-9,11-12H2,1-3H3. The molecule has 1 N–H and O–H groups in total. The summed E-state index contributed by atoms with van der Waals surface area (Å²) in [6.45, 7) is 11.0. The highest BCUT2D eigenvalue weighted by Crippen LogP contribution is 2.22. The Labute approximate surface area is 117 Å². The summed E-state index contributed by atoms with van der Waals surface area (Å²) in [6, 6.07) is 2.63. The molecule has 0 unspecified atom stereocenters. The van der Waals surface area contributed by atoms with Crippen LogP contribution >= 0.6 is 0 Å². The van der Waals surface area contributed by atoms with Gasteiger partial charge in [0.1, 0.15) is 5.76 Å². The summed E-state index contributed by atoms with van der Waals surface area (Å²) in [7, 11) is 0. The highest BCUT2D eigenvalue weighted by atomic mass is 16.3. The Balaban J connectivity index is 1.84. The van der Waals surface area contributed by atoms with Gasteiger partial charge in [-0.25, -0.2) is 0 Å². The Morgan fingerprint density at radius 1 is 1.37 bits per heavy atom. The third kappa shape index (κ3) is 4.36. The molecule has 0 aromatic carbocycles. The first kappa shape index (κ1) is 14.6. The molecule has 1 aromatic rings. The van der Waals surface area contributed by atoms with Crippen LogP contribution in [0.25, 0.3) is 0 Å². The topological polar surface area (TPSA) is 28.4 Å². The smallest absolute Gasteiger partial charge is 0.122 e. The lowest BCUT2D eigenvalue weighted by molar-refractivity contribution is 0.174. The summed E-state index contributed by atoms with van der Waals surface area (Å²) in [5.41, 5.74) is 1.35. The molecule has 0 spiro atoms. The lowest BCUT2D eigenvalue weighted by Crippen LogP contribution is -2.33. The van der Waals surface area contributed by atoms with E-state index in [-0.39, 0.29) is 0 Å². The van der Waals surface area contributed by atoms with Gasteiger partial charge in [0.15, 0.2) is 0 Å². The first-order chi connectivity index (χ1) is 9.19. The van der Waals surface area contributed by atoms with Crippen LogP contribution in [0.4, 0.5) is 0 Å². The summed E-state index contributed by atoms with van der Waals surface area (Å²) < 4.78 is 5.61. The van der Waals surface area contributed by atoms with Crippen LogP contribution in [0.15, 0.2) is 16.7 Å². The Hall–Kier alpha value is -0.800. The van der Waals surface area contributed by atoms with Crippen LogP contribution in [0.3, 0.4) is 0 Å². The van der Waals surface area contributed by atoms with E-state index in [1.807, 2.05) is 6.26 Å². The normalized spacial score (nSPS) is 18.3. The first-order valence-corrected chi connectivity index (χ1v) is 7.70. The number of rotatable bonds is 6. The molecule has 3 heteroatoms. The molecule has 1 aliphatic heterocycles. The van der Waals surface area contributed by atoms with E-state index in [1.54, 1.807) is 0 Å². The molecule has 0 radical (unpaired) electrons. The number of nitrogens with one attached hydrogen (secondary N) is 1. The van der Waals surface area contributed by atoms with E-state index >= 15 is 0 Å². The van der Waals surface area contributed by atoms with Gasteiger partial charge in [-0.05, 0) is 37.9 Å².